The van der Waals surface area contributed by atoms with Gasteiger partial charge in [0.05, 0.1) is 10.6 Å². The first-order valence-electron chi connectivity index (χ1n) is 8.53. The summed E-state index contributed by atoms with van der Waals surface area (Å²) < 4.78 is 27.3. The second-order valence-corrected chi connectivity index (χ2v) is 8.60. The highest BCUT2D eigenvalue weighted by molar-refractivity contribution is 7.89. The number of fused-ring (bicyclic) bond motifs is 1. The number of hydrogen-bond donors (Lipinski definition) is 1. The number of benzene rings is 1. The maximum absolute atomic E-state index is 12.3. The molecule has 0 saturated heterocycles. The van der Waals surface area contributed by atoms with E-state index in [1.165, 1.54) is 38.4 Å². The number of pyridine rings is 1. The summed E-state index contributed by atoms with van der Waals surface area (Å²) in [6.07, 6.45) is 2.58. The minimum atomic E-state index is -3.50. The van der Waals surface area contributed by atoms with Gasteiger partial charge in [-0.2, -0.15) is 0 Å². The van der Waals surface area contributed by atoms with Crippen molar-refractivity contribution in [2.45, 2.75) is 18.2 Å². The van der Waals surface area contributed by atoms with E-state index in [9.17, 15) is 13.2 Å². The van der Waals surface area contributed by atoms with Gasteiger partial charge in [-0.25, -0.2) is 17.7 Å². The minimum absolute atomic E-state index is 0.157. The van der Waals surface area contributed by atoms with Gasteiger partial charge in [-0.1, -0.05) is 6.07 Å². The summed E-state index contributed by atoms with van der Waals surface area (Å²) in [4.78, 5) is 17.0. The fourth-order valence-electron chi connectivity index (χ4n) is 2.71. The first-order valence-corrected chi connectivity index (χ1v) is 9.97. The molecule has 1 amide bonds. The molecule has 2 aromatic heterocycles. The van der Waals surface area contributed by atoms with Crippen LogP contribution in [-0.2, 0) is 16.4 Å². The van der Waals surface area contributed by atoms with Crippen LogP contribution in [0.4, 0.5) is 0 Å². The molecule has 0 fully saturated rings. The molecule has 0 aliphatic heterocycles. The molecule has 0 aliphatic rings. The Hall–Kier alpha value is -2.71. The molecule has 0 radical (unpaired) electrons. The van der Waals surface area contributed by atoms with E-state index in [-0.39, 0.29) is 10.8 Å². The van der Waals surface area contributed by atoms with Crippen molar-refractivity contribution in [1.29, 1.82) is 0 Å². The van der Waals surface area contributed by atoms with E-state index < -0.39 is 10.0 Å². The van der Waals surface area contributed by atoms with Crippen LogP contribution >= 0.6 is 0 Å². The molecule has 0 atom stereocenters. The van der Waals surface area contributed by atoms with E-state index in [1.807, 2.05) is 35.7 Å². The maximum Gasteiger partial charge on any atom is 0.251 e. The number of hydrogen-bond acceptors (Lipinski definition) is 4. The van der Waals surface area contributed by atoms with Gasteiger partial charge in [0.2, 0.25) is 10.0 Å². The second-order valence-electron chi connectivity index (χ2n) is 6.45. The Labute approximate surface area is 158 Å². The molecule has 2 heterocycles. The Morgan fingerprint density at radius 2 is 1.85 bits per heavy atom. The largest absolute Gasteiger partial charge is 0.352 e. The van der Waals surface area contributed by atoms with Crippen molar-refractivity contribution in [2.24, 2.45) is 0 Å². The fraction of sp³-hybridized carbons (Fsp3) is 0.263. The number of carbonyl (C=O) groups excluding carboxylic acids is 1. The maximum atomic E-state index is 12.3. The number of rotatable bonds is 6. The summed E-state index contributed by atoms with van der Waals surface area (Å²) in [6.45, 7) is 2.46. The predicted molar refractivity (Wildman–Crippen MR) is 103 cm³/mol. The quantitative estimate of drug-likeness (QED) is 0.701. The molecule has 142 valence electrons. The van der Waals surface area contributed by atoms with Gasteiger partial charge in [-0.3, -0.25) is 4.79 Å². The lowest BCUT2D eigenvalue weighted by Crippen LogP contribution is -2.26. The van der Waals surface area contributed by atoms with Crippen LogP contribution in [0.15, 0.2) is 53.6 Å². The zero-order valence-corrected chi connectivity index (χ0v) is 16.3. The summed E-state index contributed by atoms with van der Waals surface area (Å²) in [5, 5.41) is 2.84. The second kappa shape index (κ2) is 7.50. The van der Waals surface area contributed by atoms with Crippen molar-refractivity contribution >= 4 is 21.6 Å². The van der Waals surface area contributed by atoms with E-state index in [0.29, 0.717) is 18.5 Å². The lowest BCUT2D eigenvalue weighted by Gasteiger charge is -2.11. The van der Waals surface area contributed by atoms with Crippen molar-refractivity contribution in [3.05, 3.63) is 65.6 Å². The van der Waals surface area contributed by atoms with E-state index in [0.717, 1.165) is 21.3 Å². The Bertz CT molecular complexity index is 1070. The number of carbonyl (C=O) groups is 1. The molecule has 3 aromatic rings. The Morgan fingerprint density at radius 1 is 1.15 bits per heavy atom. The Morgan fingerprint density at radius 3 is 2.48 bits per heavy atom. The average Bonchev–Trinajstić information content (AvgIpc) is 3.06. The molecule has 3 rings (SSSR count). The first-order chi connectivity index (χ1) is 12.8. The van der Waals surface area contributed by atoms with E-state index in [4.69, 9.17) is 0 Å². The van der Waals surface area contributed by atoms with Crippen LogP contribution in [0.1, 0.15) is 21.7 Å². The van der Waals surface area contributed by atoms with Crippen molar-refractivity contribution in [3.63, 3.8) is 0 Å². The molecule has 27 heavy (non-hydrogen) atoms. The molecule has 0 saturated carbocycles. The summed E-state index contributed by atoms with van der Waals surface area (Å²) >= 11 is 0. The number of aromatic nitrogens is 2. The number of amides is 1. The zero-order valence-electron chi connectivity index (χ0n) is 15.5. The van der Waals surface area contributed by atoms with Gasteiger partial charge in [0.25, 0.3) is 5.91 Å². The minimum Gasteiger partial charge on any atom is -0.352 e. The van der Waals surface area contributed by atoms with E-state index in [1.54, 1.807) is 0 Å². The smallest absolute Gasteiger partial charge is 0.251 e. The fourth-order valence-corrected chi connectivity index (χ4v) is 3.62. The summed E-state index contributed by atoms with van der Waals surface area (Å²) in [5.41, 5.74) is 3.30. The van der Waals surface area contributed by atoms with Gasteiger partial charge in [0.1, 0.15) is 5.65 Å². The predicted octanol–water partition coefficient (Wildman–Crippen LogP) is 1.87. The van der Waals surface area contributed by atoms with Crippen LogP contribution in [0.5, 0.6) is 0 Å². The molecule has 7 nitrogen and oxygen atoms in total. The van der Waals surface area contributed by atoms with Crippen LogP contribution in [0.3, 0.4) is 0 Å². The monoisotopic (exact) mass is 386 g/mol. The third-order valence-electron chi connectivity index (χ3n) is 4.31. The van der Waals surface area contributed by atoms with Gasteiger partial charge in [0, 0.05) is 44.5 Å². The standard InChI is InChI=1S/C19H22N4O3S/c1-14-5-4-6-18-21-16(13-23(14)18)11-12-20-19(24)15-7-9-17(10-8-15)27(25,26)22(2)3/h4-10,13H,11-12H2,1-3H3,(H,20,24). The topological polar surface area (TPSA) is 83.8 Å². The van der Waals surface area contributed by atoms with Gasteiger partial charge < -0.3 is 9.72 Å². The first kappa shape index (κ1) is 19.1. The van der Waals surface area contributed by atoms with Crippen molar-refractivity contribution in [2.75, 3.05) is 20.6 Å². The van der Waals surface area contributed by atoms with Crippen molar-refractivity contribution in [1.82, 2.24) is 19.0 Å². The number of imidazole rings is 1. The molecule has 8 heteroatoms. The summed E-state index contributed by atoms with van der Waals surface area (Å²) in [7, 11) is -0.560. The van der Waals surface area contributed by atoms with E-state index in [2.05, 4.69) is 10.3 Å². The van der Waals surface area contributed by atoms with Crippen molar-refractivity contribution in [3.8, 4) is 0 Å². The van der Waals surface area contributed by atoms with Crippen LogP contribution in [-0.4, -0.2) is 48.7 Å². The number of sulfonamides is 1. The molecule has 0 aliphatic carbocycles. The molecule has 0 bridgehead atoms. The third kappa shape index (κ3) is 4.01. The summed E-state index contributed by atoms with van der Waals surface area (Å²) in [6, 6.07) is 11.8. The van der Waals surface area contributed by atoms with Crippen LogP contribution < -0.4 is 5.32 Å². The van der Waals surface area contributed by atoms with Crippen LogP contribution in [0, 0.1) is 6.92 Å². The molecule has 0 unspecified atom stereocenters. The van der Waals surface area contributed by atoms with Gasteiger partial charge in [-0.15, -0.1) is 0 Å². The lowest BCUT2D eigenvalue weighted by molar-refractivity contribution is 0.0954. The molecule has 1 aromatic carbocycles. The van der Waals surface area contributed by atoms with Gasteiger partial charge in [0.15, 0.2) is 0 Å². The number of aryl methyl sites for hydroxylation is 1. The van der Waals surface area contributed by atoms with Gasteiger partial charge in [-0.05, 0) is 43.3 Å². The third-order valence-corrected chi connectivity index (χ3v) is 6.14. The Kier molecular flexibility index (Phi) is 5.29. The SMILES string of the molecule is Cc1cccc2nc(CCNC(=O)c3ccc(S(=O)(=O)N(C)C)cc3)cn12. The number of nitrogens with zero attached hydrogens (tertiary/aromatic N) is 3. The highest BCUT2D eigenvalue weighted by Crippen LogP contribution is 2.14. The van der Waals surface area contributed by atoms with E-state index >= 15 is 0 Å². The highest BCUT2D eigenvalue weighted by Gasteiger charge is 2.17. The average molecular weight is 386 g/mol. The highest BCUT2D eigenvalue weighted by atomic mass is 32.2. The summed E-state index contributed by atoms with van der Waals surface area (Å²) in [5.74, 6) is -0.247. The zero-order chi connectivity index (χ0) is 19.6. The molecule has 1 N–H and O–H groups in total. The molecule has 0 spiro atoms. The molecular weight excluding hydrogens is 364 g/mol. The van der Waals surface area contributed by atoms with Crippen molar-refractivity contribution < 1.29 is 13.2 Å². The number of nitrogens with one attached hydrogen (secondary N) is 1. The van der Waals surface area contributed by atoms with Gasteiger partial charge >= 0.3 is 0 Å². The normalized spacial score (nSPS) is 11.9. The Balaban J connectivity index is 1.61. The van der Waals surface area contributed by atoms with Crippen LogP contribution in [0.25, 0.3) is 5.65 Å². The van der Waals surface area contributed by atoms with Crippen LogP contribution in [0.2, 0.25) is 0 Å². The molecular formula is C19H22N4O3S. The lowest BCUT2D eigenvalue weighted by atomic mass is 10.2.